The van der Waals surface area contributed by atoms with Crippen LogP contribution in [0, 0.1) is 0 Å². The predicted octanol–water partition coefficient (Wildman–Crippen LogP) is 4.36. The van der Waals surface area contributed by atoms with E-state index in [0.29, 0.717) is 11.6 Å². The van der Waals surface area contributed by atoms with Gasteiger partial charge >= 0.3 is 12.0 Å². The average Bonchev–Trinajstić information content (AvgIpc) is 3.40. The normalized spacial score (nSPS) is 17.4. The Kier molecular flexibility index (Phi) is 6.38. The largest absolute Gasteiger partial charge is 0.465 e. The molecule has 2 aromatic heterocycles. The highest BCUT2D eigenvalue weighted by Gasteiger charge is 2.36. The van der Waals surface area contributed by atoms with Crippen LogP contribution in [0.1, 0.15) is 40.2 Å². The quantitative estimate of drug-likeness (QED) is 0.543. The molecule has 0 radical (unpaired) electrons. The van der Waals surface area contributed by atoms with Crippen molar-refractivity contribution in [2.75, 3.05) is 26.7 Å². The Morgan fingerprint density at radius 2 is 1.97 bits per heavy atom. The molecular formula is C25H27ClN4O3S. The van der Waals surface area contributed by atoms with Gasteiger partial charge in [0.25, 0.3) is 0 Å². The van der Waals surface area contributed by atoms with Gasteiger partial charge in [-0.15, -0.1) is 11.3 Å². The van der Waals surface area contributed by atoms with Crippen LogP contribution in [0.4, 0.5) is 4.79 Å². The summed E-state index contributed by atoms with van der Waals surface area (Å²) in [5, 5.41) is 4.59. The van der Waals surface area contributed by atoms with Crippen molar-refractivity contribution in [2.45, 2.75) is 32.5 Å². The van der Waals surface area contributed by atoms with Gasteiger partial charge < -0.3 is 24.4 Å². The average molecular weight is 499 g/mol. The number of nitrogens with one attached hydrogen (secondary N) is 1. The number of urea groups is 1. The topological polar surface area (TPSA) is 66.8 Å². The number of hydrogen-bond donors (Lipinski definition) is 1. The maximum Gasteiger partial charge on any atom is 0.325 e. The fourth-order valence-electron chi connectivity index (χ4n) is 4.81. The van der Waals surface area contributed by atoms with Crippen LogP contribution in [0.3, 0.4) is 0 Å². The number of esters is 1. The minimum atomic E-state index is -0.450. The van der Waals surface area contributed by atoms with E-state index >= 15 is 0 Å². The standard InChI is InChI=1S/C25H27ClN4O3S/c1-3-33-22(31)13-27-25(32)30-14-19-18-10-12-28(2)15-21(18)34-24(19)29-11-4-5-20(29)23(30)16-6-8-17(26)9-7-16/h4-9,11,23H,3,10,12-15H2,1-2H3,(H,27,32)/t23-/m0/s1. The van der Waals surface area contributed by atoms with Crippen LogP contribution < -0.4 is 5.32 Å². The second kappa shape index (κ2) is 9.44. The number of fused-ring (bicyclic) bond motifs is 5. The number of rotatable bonds is 4. The maximum absolute atomic E-state index is 13.6. The van der Waals surface area contributed by atoms with Crippen LogP contribution in [-0.4, -0.2) is 53.1 Å². The van der Waals surface area contributed by atoms with Gasteiger partial charge in [0, 0.05) is 34.7 Å². The van der Waals surface area contributed by atoms with E-state index in [0.717, 1.165) is 30.8 Å². The van der Waals surface area contributed by atoms with E-state index in [-0.39, 0.29) is 25.2 Å². The second-order valence-electron chi connectivity index (χ2n) is 8.62. The molecule has 2 amide bonds. The molecule has 3 aromatic rings. The molecule has 0 spiro atoms. The van der Waals surface area contributed by atoms with Crippen LogP contribution in [0.2, 0.25) is 5.02 Å². The summed E-state index contributed by atoms with van der Waals surface area (Å²) in [7, 11) is 2.14. The zero-order chi connectivity index (χ0) is 23.8. The van der Waals surface area contributed by atoms with Gasteiger partial charge in [-0.1, -0.05) is 23.7 Å². The van der Waals surface area contributed by atoms with Crippen molar-refractivity contribution in [1.82, 2.24) is 19.7 Å². The molecule has 0 aliphatic carbocycles. The Bertz CT molecular complexity index is 1220. The summed E-state index contributed by atoms with van der Waals surface area (Å²) in [6.45, 7) is 4.21. The molecule has 0 bridgehead atoms. The molecule has 1 atom stereocenters. The Labute approximate surface area is 207 Å². The van der Waals surface area contributed by atoms with E-state index in [2.05, 4.69) is 34.1 Å². The highest BCUT2D eigenvalue weighted by molar-refractivity contribution is 7.15. The van der Waals surface area contributed by atoms with Crippen molar-refractivity contribution in [2.24, 2.45) is 0 Å². The van der Waals surface area contributed by atoms with Crippen molar-refractivity contribution in [1.29, 1.82) is 0 Å². The molecule has 1 aromatic carbocycles. The molecule has 0 saturated carbocycles. The van der Waals surface area contributed by atoms with Gasteiger partial charge in [0.15, 0.2) is 0 Å². The second-order valence-corrected chi connectivity index (χ2v) is 10.1. The lowest BCUT2D eigenvalue weighted by Crippen LogP contribution is -2.44. The summed E-state index contributed by atoms with van der Waals surface area (Å²) in [5.74, 6) is -0.450. The van der Waals surface area contributed by atoms with E-state index in [1.807, 2.05) is 46.6 Å². The Balaban J connectivity index is 1.59. The number of aromatic nitrogens is 1. The molecule has 2 aliphatic rings. The van der Waals surface area contributed by atoms with Gasteiger partial charge in [-0.05, 0) is 55.8 Å². The van der Waals surface area contributed by atoms with Crippen molar-refractivity contribution >= 4 is 34.9 Å². The van der Waals surface area contributed by atoms with E-state index in [1.54, 1.807) is 6.92 Å². The molecule has 1 N–H and O–H groups in total. The number of thiophene rings is 1. The number of benzene rings is 1. The summed E-state index contributed by atoms with van der Waals surface area (Å²) < 4.78 is 7.23. The van der Waals surface area contributed by atoms with Gasteiger partial charge in [-0.3, -0.25) is 4.79 Å². The van der Waals surface area contributed by atoms with Gasteiger partial charge in [-0.2, -0.15) is 0 Å². The molecule has 178 valence electrons. The lowest BCUT2D eigenvalue weighted by atomic mass is 10.0. The lowest BCUT2D eigenvalue weighted by molar-refractivity contribution is -0.141. The molecule has 4 heterocycles. The minimum Gasteiger partial charge on any atom is -0.465 e. The Morgan fingerprint density at radius 1 is 1.18 bits per heavy atom. The van der Waals surface area contributed by atoms with Crippen molar-refractivity contribution in [3.05, 3.63) is 74.9 Å². The first-order chi connectivity index (χ1) is 16.5. The van der Waals surface area contributed by atoms with Crippen LogP contribution in [0.5, 0.6) is 0 Å². The summed E-state index contributed by atoms with van der Waals surface area (Å²) >= 11 is 7.98. The molecule has 34 heavy (non-hydrogen) atoms. The predicted molar refractivity (Wildman–Crippen MR) is 133 cm³/mol. The van der Waals surface area contributed by atoms with Crippen molar-refractivity contribution in [3.63, 3.8) is 0 Å². The molecular weight excluding hydrogens is 472 g/mol. The number of likely N-dealkylation sites (N-methyl/N-ethyl adjacent to an activating group) is 1. The maximum atomic E-state index is 13.6. The molecule has 7 nitrogen and oxygen atoms in total. The molecule has 0 saturated heterocycles. The van der Waals surface area contributed by atoms with Gasteiger partial charge in [0.1, 0.15) is 11.5 Å². The highest BCUT2D eigenvalue weighted by Crippen LogP contribution is 2.43. The van der Waals surface area contributed by atoms with Gasteiger partial charge in [0.2, 0.25) is 0 Å². The molecule has 0 unspecified atom stereocenters. The van der Waals surface area contributed by atoms with E-state index in [9.17, 15) is 9.59 Å². The summed E-state index contributed by atoms with van der Waals surface area (Å²) in [4.78, 5) is 31.0. The third-order valence-corrected chi connectivity index (χ3v) is 7.90. The van der Waals surface area contributed by atoms with Crippen LogP contribution in [-0.2, 0) is 29.0 Å². The summed E-state index contributed by atoms with van der Waals surface area (Å²) in [5.41, 5.74) is 4.49. The van der Waals surface area contributed by atoms with Gasteiger partial charge in [-0.25, -0.2) is 4.79 Å². The molecule has 0 fully saturated rings. The Hall–Kier alpha value is -2.81. The monoisotopic (exact) mass is 498 g/mol. The van der Waals surface area contributed by atoms with Crippen molar-refractivity contribution < 1.29 is 14.3 Å². The van der Waals surface area contributed by atoms with Crippen LogP contribution in [0.15, 0.2) is 42.6 Å². The number of carbonyl (C=O) groups is 2. The minimum absolute atomic E-state index is 0.170. The van der Waals surface area contributed by atoms with E-state index in [4.69, 9.17) is 16.3 Å². The number of ether oxygens (including phenoxy) is 1. The van der Waals surface area contributed by atoms with E-state index < -0.39 is 5.97 Å². The molecule has 2 aliphatic heterocycles. The SMILES string of the molecule is CCOC(=O)CNC(=O)N1Cc2c(sc3c2CCN(C)C3)-n2cccc2[C@@H]1c1ccc(Cl)cc1. The van der Waals surface area contributed by atoms with Crippen LogP contribution in [0.25, 0.3) is 5.00 Å². The van der Waals surface area contributed by atoms with Crippen LogP contribution >= 0.6 is 22.9 Å². The zero-order valence-electron chi connectivity index (χ0n) is 19.2. The number of carbonyl (C=O) groups excluding carboxylic acids is 2. The lowest BCUT2D eigenvalue weighted by Gasteiger charge is -2.31. The van der Waals surface area contributed by atoms with Gasteiger partial charge in [0.05, 0.1) is 24.9 Å². The molecule has 5 rings (SSSR count). The first kappa shape index (κ1) is 23.0. The number of halogens is 1. The zero-order valence-corrected chi connectivity index (χ0v) is 20.8. The Morgan fingerprint density at radius 3 is 2.74 bits per heavy atom. The van der Waals surface area contributed by atoms with Crippen molar-refractivity contribution in [3.8, 4) is 5.00 Å². The van der Waals surface area contributed by atoms with E-state index in [1.165, 1.54) is 21.0 Å². The fourth-order valence-corrected chi connectivity index (χ4v) is 6.38. The number of amides is 2. The highest BCUT2D eigenvalue weighted by atomic mass is 35.5. The summed E-state index contributed by atoms with van der Waals surface area (Å²) in [6, 6.07) is 11.0. The third kappa shape index (κ3) is 4.21. The number of hydrogen-bond acceptors (Lipinski definition) is 5. The first-order valence-electron chi connectivity index (χ1n) is 11.4. The third-order valence-electron chi connectivity index (χ3n) is 6.39. The summed E-state index contributed by atoms with van der Waals surface area (Å²) in [6.07, 6.45) is 3.03. The molecule has 9 heteroatoms. The smallest absolute Gasteiger partial charge is 0.325 e. The first-order valence-corrected chi connectivity index (χ1v) is 12.6. The fraction of sp³-hybridized carbons (Fsp3) is 0.360. The number of nitrogens with zero attached hydrogens (tertiary/aromatic N) is 3.